The Labute approximate surface area is 166 Å². The molecule has 1 saturated heterocycles. The van der Waals surface area contributed by atoms with Gasteiger partial charge in [0.15, 0.2) is 0 Å². The molecule has 0 atom stereocenters. The number of halogens is 1. The SMILES string of the molecule is O=C(NCCCN1C(=O)c2ccc(Br)cc2C1=O)NCCN1CCOCC1. The molecule has 0 radical (unpaired) electrons. The van der Waals surface area contributed by atoms with Crippen molar-refractivity contribution < 1.29 is 19.1 Å². The summed E-state index contributed by atoms with van der Waals surface area (Å²) in [6.07, 6.45) is 0.503. The molecular formula is C18H23BrN4O4. The van der Waals surface area contributed by atoms with Crippen LogP contribution in [0.1, 0.15) is 27.1 Å². The smallest absolute Gasteiger partial charge is 0.314 e. The van der Waals surface area contributed by atoms with E-state index in [1.54, 1.807) is 18.2 Å². The Morgan fingerprint density at radius 1 is 1.04 bits per heavy atom. The van der Waals surface area contributed by atoms with Gasteiger partial charge in [-0.1, -0.05) is 15.9 Å². The van der Waals surface area contributed by atoms with Gasteiger partial charge in [0, 0.05) is 43.7 Å². The number of ether oxygens (including phenoxy) is 1. The summed E-state index contributed by atoms with van der Waals surface area (Å²) in [4.78, 5) is 39.9. The van der Waals surface area contributed by atoms with E-state index in [-0.39, 0.29) is 24.4 Å². The number of carbonyl (C=O) groups excluding carboxylic acids is 3. The van der Waals surface area contributed by atoms with Crippen LogP contribution in [-0.4, -0.2) is 80.1 Å². The highest BCUT2D eigenvalue weighted by Crippen LogP contribution is 2.25. The van der Waals surface area contributed by atoms with Crippen LogP contribution in [-0.2, 0) is 4.74 Å². The van der Waals surface area contributed by atoms with E-state index in [0.717, 1.165) is 37.3 Å². The number of benzene rings is 1. The lowest BCUT2D eigenvalue weighted by molar-refractivity contribution is 0.0387. The van der Waals surface area contributed by atoms with Crippen LogP contribution in [0, 0.1) is 0 Å². The number of nitrogens with one attached hydrogen (secondary N) is 2. The standard InChI is InChI=1S/C18H23BrN4O4/c19-13-2-3-14-15(12-13)17(25)23(16(14)24)6-1-4-20-18(26)21-5-7-22-8-10-27-11-9-22/h2-3,12H,1,4-11H2,(H2,20,21,26). The first-order valence-corrected chi connectivity index (χ1v) is 9.83. The highest BCUT2D eigenvalue weighted by Gasteiger charge is 2.34. The molecule has 1 fully saturated rings. The molecule has 3 rings (SSSR count). The van der Waals surface area contributed by atoms with E-state index in [0.29, 0.717) is 30.6 Å². The molecule has 0 bridgehead atoms. The van der Waals surface area contributed by atoms with Gasteiger partial charge in [-0.2, -0.15) is 0 Å². The van der Waals surface area contributed by atoms with Crippen LogP contribution in [0.4, 0.5) is 4.79 Å². The van der Waals surface area contributed by atoms with Crippen LogP contribution in [0.15, 0.2) is 22.7 Å². The molecular weight excluding hydrogens is 416 g/mol. The van der Waals surface area contributed by atoms with Crippen LogP contribution in [0.5, 0.6) is 0 Å². The lowest BCUT2D eigenvalue weighted by Gasteiger charge is -2.26. The second-order valence-corrected chi connectivity index (χ2v) is 7.36. The van der Waals surface area contributed by atoms with Crippen LogP contribution >= 0.6 is 15.9 Å². The third-order valence-corrected chi connectivity index (χ3v) is 5.09. The van der Waals surface area contributed by atoms with Gasteiger partial charge >= 0.3 is 6.03 Å². The summed E-state index contributed by atoms with van der Waals surface area (Å²) in [6, 6.07) is 4.82. The Balaban J connectivity index is 1.33. The van der Waals surface area contributed by atoms with E-state index >= 15 is 0 Å². The third-order valence-electron chi connectivity index (χ3n) is 4.59. The summed E-state index contributed by atoms with van der Waals surface area (Å²) in [5.74, 6) is -0.566. The van der Waals surface area contributed by atoms with E-state index in [1.165, 1.54) is 4.90 Å². The fourth-order valence-electron chi connectivity index (χ4n) is 3.12. The van der Waals surface area contributed by atoms with Gasteiger partial charge < -0.3 is 15.4 Å². The number of nitrogens with zero attached hydrogens (tertiary/aromatic N) is 2. The Morgan fingerprint density at radius 2 is 1.74 bits per heavy atom. The molecule has 2 aliphatic rings. The minimum atomic E-state index is -0.286. The zero-order valence-electron chi connectivity index (χ0n) is 15.0. The number of fused-ring (bicyclic) bond motifs is 1. The van der Waals surface area contributed by atoms with Crippen molar-refractivity contribution in [3.63, 3.8) is 0 Å². The Bertz CT molecular complexity index is 721. The molecule has 146 valence electrons. The first kappa shape index (κ1) is 19.8. The number of urea groups is 1. The maximum Gasteiger partial charge on any atom is 0.314 e. The van der Waals surface area contributed by atoms with Crippen molar-refractivity contribution in [1.29, 1.82) is 0 Å². The van der Waals surface area contributed by atoms with Crippen molar-refractivity contribution in [3.8, 4) is 0 Å². The number of amides is 4. The topological polar surface area (TPSA) is 91.0 Å². The van der Waals surface area contributed by atoms with Gasteiger partial charge in [0.1, 0.15) is 0 Å². The van der Waals surface area contributed by atoms with Crippen LogP contribution < -0.4 is 10.6 Å². The van der Waals surface area contributed by atoms with Gasteiger partial charge in [0.25, 0.3) is 11.8 Å². The zero-order valence-corrected chi connectivity index (χ0v) is 16.6. The summed E-state index contributed by atoms with van der Waals surface area (Å²) >= 11 is 3.31. The molecule has 0 saturated carbocycles. The van der Waals surface area contributed by atoms with E-state index < -0.39 is 0 Å². The van der Waals surface area contributed by atoms with Gasteiger partial charge in [0.2, 0.25) is 0 Å². The van der Waals surface area contributed by atoms with Crippen LogP contribution in [0.25, 0.3) is 0 Å². The largest absolute Gasteiger partial charge is 0.379 e. The Kier molecular flexibility index (Phi) is 6.81. The Morgan fingerprint density at radius 3 is 2.52 bits per heavy atom. The molecule has 27 heavy (non-hydrogen) atoms. The lowest BCUT2D eigenvalue weighted by atomic mass is 10.1. The number of rotatable bonds is 7. The molecule has 1 aromatic rings. The maximum atomic E-state index is 12.4. The van der Waals surface area contributed by atoms with Gasteiger partial charge in [-0.15, -0.1) is 0 Å². The lowest BCUT2D eigenvalue weighted by Crippen LogP contribution is -2.44. The highest BCUT2D eigenvalue weighted by atomic mass is 79.9. The van der Waals surface area contributed by atoms with Crippen LogP contribution in [0.3, 0.4) is 0 Å². The monoisotopic (exact) mass is 438 g/mol. The Hall–Kier alpha value is -1.97. The normalized spacial score (nSPS) is 17.1. The predicted molar refractivity (Wildman–Crippen MR) is 103 cm³/mol. The summed E-state index contributed by atoms with van der Waals surface area (Å²) in [6.45, 7) is 5.28. The first-order valence-electron chi connectivity index (χ1n) is 9.04. The third kappa shape index (κ3) is 5.06. The summed E-state index contributed by atoms with van der Waals surface area (Å²) in [5, 5.41) is 5.57. The molecule has 0 aliphatic carbocycles. The fraction of sp³-hybridized carbons (Fsp3) is 0.500. The minimum absolute atomic E-state index is 0.241. The molecule has 2 heterocycles. The summed E-state index contributed by atoms with van der Waals surface area (Å²) in [7, 11) is 0. The van der Waals surface area contributed by atoms with E-state index in [2.05, 4.69) is 31.5 Å². The molecule has 2 N–H and O–H groups in total. The summed E-state index contributed by atoms with van der Waals surface area (Å²) < 4.78 is 6.04. The quantitative estimate of drug-likeness (QED) is 0.490. The number of carbonyl (C=O) groups is 3. The number of imide groups is 1. The van der Waals surface area contributed by atoms with Gasteiger partial charge in [-0.25, -0.2) is 4.79 Å². The van der Waals surface area contributed by atoms with E-state index in [1.807, 2.05) is 0 Å². The van der Waals surface area contributed by atoms with Crippen molar-refractivity contribution in [1.82, 2.24) is 20.4 Å². The van der Waals surface area contributed by atoms with Crippen molar-refractivity contribution in [2.24, 2.45) is 0 Å². The number of hydrogen-bond acceptors (Lipinski definition) is 5. The van der Waals surface area contributed by atoms with Gasteiger partial charge in [0.05, 0.1) is 24.3 Å². The average molecular weight is 439 g/mol. The second-order valence-electron chi connectivity index (χ2n) is 6.44. The van der Waals surface area contributed by atoms with Crippen molar-refractivity contribution in [2.75, 3.05) is 52.5 Å². The second kappa shape index (κ2) is 9.29. The molecule has 2 aliphatic heterocycles. The number of hydrogen-bond donors (Lipinski definition) is 2. The fourth-order valence-corrected chi connectivity index (χ4v) is 3.48. The van der Waals surface area contributed by atoms with Crippen molar-refractivity contribution in [3.05, 3.63) is 33.8 Å². The van der Waals surface area contributed by atoms with Gasteiger partial charge in [-0.3, -0.25) is 19.4 Å². The van der Waals surface area contributed by atoms with E-state index in [4.69, 9.17) is 4.74 Å². The maximum absolute atomic E-state index is 12.4. The minimum Gasteiger partial charge on any atom is -0.379 e. The zero-order chi connectivity index (χ0) is 19.2. The molecule has 8 nitrogen and oxygen atoms in total. The molecule has 1 aromatic carbocycles. The number of morpholine rings is 1. The molecule has 0 aromatic heterocycles. The van der Waals surface area contributed by atoms with Gasteiger partial charge in [-0.05, 0) is 24.6 Å². The average Bonchev–Trinajstić information content (AvgIpc) is 2.90. The molecule has 0 spiro atoms. The molecule has 9 heteroatoms. The predicted octanol–water partition coefficient (Wildman–Crippen LogP) is 1.07. The summed E-state index contributed by atoms with van der Waals surface area (Å²) in [5.41, 5.74) is 0.847. The van der Waals surface area contributed by atoms with E-state index in [9.17, 15) is 14.4 Å². The molecule has 0 unspecified atom stereocenters. The van der Waals surface area contributed by atoms with Crippen molar-refractivity contribution in [2.45, 2.75) is 6.42 Å². The highest BCUT2D eigenvalue weighted by molar-refractivity contribution is 9.10. The van der Waals surface area contributed by atoms with Crippen LogP contribution in [0.2, 0.25) is 0 Å². The first-order chi connectivity index (χ1) is 13.1. The molecule has 4 amide bonds. The van der Waals surface area contributed by atoms with Crippen molar-refractivity contribution >= 4 is 33.8 Å².